The van der Waals surface area contributed by atoms with Crippen molar-refractivity contribution in [1.29, 1.82) is 0 Å². The van der Waals surface area contributed by atoms with Crippen LogP contribution in [0.1, 0.15) is 32.1 Å². The third-order valence-corrected chi connectivity index (χ3v) is 3.55. The Kier molecular flexibility index (Phi) is 4.61. The molecule has 1 aromatic rings. The largest absolute Gasteiger partial charge is 0.388 e. The van der Waals surface area contributed by atoms with Crippen LogP contribution in [0.25, 0.3) is 0 Å². The van der Waals surface area contributed by atoms with Crippen LogP contribution in [0.4, 0.5) is 10.5 Å². The third-order valence-electron chi connectivity index (χ3n) is 3.35. The van der Waals surface area contributed by atoms with Crippen molar-refractivity contribution in [2.45, 2.75) is 37.7 Å². The molecular weight excluding hydrogens is 266 g/mol. The zero-order chi connectivity index (χ0) is 13.7. The van der Waals surface area contributed by atoms with Gasteiger partial charge in [0.25, 0.3) is 0 Å². The first kappa shape index (κ1) is 14.1. The Morgan fingerprint density at radius 3 is 2.84 bits per heavy atom. The molecule has 1 aliphatic rings. The van der Waals surface area contributed by atoms with E-state index in [0.29, 0.717) is 10.8 Å². The monoisotopic (exact) mass is 283 g/mol. The van der Waals surface area contributed by atoms with Crippen LogP contribution in [-0.4, -0.2) is 28.3 Å². The van der Waals surface area contributed by atoms with E-state index in [-0.39, 0.29) is 12.6 Å². The van der Waals surface area contributed by atoms with Gasteiger partial charge in [0.1, 0.15) is 5.15 Å². The lowest BCUT2D eigenvalue weighted by Crippen LogP contribution is -2.45. The second-order valence-corrected chi connectivity index (χ2v) is 5.35. The fourth-order valence-electron chi connectivity index (χ4n) is 2.29. The lowest BCUT2D eigenvalue weighted by molar-refractivity contribution is 0.00755. The van der Waals surface area contributed by atoms with Crippen LogP contribution >= 0.6 is 11.6 Å². The molecule has 1 heterocycles. The van der Waals surface area contributed by atoms with Crippen LogP contribution in [0, 0.1) is 0 Å². The highest BCUT2D eigenvalue weighted by Gasteiger charge is 2.29. The number of nitrogens with zero attached hydrogens (tertiary/aromatic N) is 1. The molecule has 1 aliphatic carbocycles. The number of carbonyl (C=O) groups excluding carboxylic acids is 1. The lowest BCUT2D eigenvalue weighted by Gasteiger charge is -2.32. The van der Waals surface area contributed by atoms with Crippen molar-refractivity contribution in [3.05, 3.63) is 23.5 Å². The molecule has 2 rings (SSSR count). The Bertz CT molecular complexity index is 447. The van der Waals surface area contributed by atoms with Crippen molar-refractivity contribution in [2.75, 3.05) is 11.9 Å². The number of anilines is 1. The van der Waals surface area contributed by atoms with Crippen LogP contribution in [-0.2, 0) is 0 Å². The Morgan fingerprint density at radius 1 is 1.42 bits per heavy atom. The predicted molar refractivity (Wildman–Crippen MR) is 74.3 cm³/mol. The molecule has 5 nitrogen and oxygen atoms in total. The molecule has 0 bridgehead atoms. The quantitative estimate of drug-likeness (QED) is 0.746. The average molecular weight is 284 g/mol. The van der Waals surface area contributed by atoms with Crippen LogP contribution in [0.15, 0.2) is 18.3 Å². The minimum absolute atomic E-state index is 0.275. The number of hydrogen-bond donors (Lipinski definition) is 3. The summed E-state index contributed by atoms with van der Waals surface area (Å²) in [6, 6.07) is 2.87. The molecule has 104 valence electrons. The molecule has 1 saturated carbocycles. The van der Waals surface area contributed by atoms with E-state index < -0.39 is 5.60 Å². The number of carbonyl (C=O) groups is 1. The molecule has 1 aromatic heterocycles. The first-order valence-electron chi connectivity index (χ1n) is 6.46. The molecule has 0 aromatic carbocycles. The molecule has 0 radical (unpaired) electrons. The van der Waals surface area contributed by atoms with Gasteiger partial charge in [-0.25, -0.2) is 9.78 Å². The maximum Gasteiger partial charge on any atom is 0.319 e. The van der Waals surface area contributed by atoms with Crippen LogP contribution in [0.2, 0.25) is 5.15 Å². The molecular formula is C13H18ClN3O2. The number of halogens is 1. The molecule has 1 fully saturated rings. The van der Waals surface area contributed by atoms with Gasteiger partial charge in [0.05, 0.1) is 5.60 Å². The zero-order valence-corrected chi connectivity index (χ0v) is 11.4. The number of rotatable bonds is 3. The smallest absolute Gasteiger partial charge is 0.319 e. The Hall–Kier alpha value is -1.33. The molecule has 2 amide bonds. The van der Waals surface area contributed by atoms with E-state index in [1.807, 2.05) is 0 Å². The number of aliphatic hydroxyl groups is 1. The summed E-state index contributed by atoms with van der Waals surface area (Å²) in [7, 11) is 0. The van der Waals surface area contributed by atoms with Gasteiger partial charge in [-0.05, 0) is 25.0 Å². The third kappa shape index (κ3) is 4.36. The molecule has 0 aliphatic heterocycles. The normalized spacial score (nSPS) is 17.8. The maximum absolute atomic E-state index is 11.7. The van der Waals surface area contributed by atoms with Crippen LogP contribution in [0.3, 0.4) is 0 Å². The van der Waals surface area contributed by atoms with Crippen molar-refractivity contribution >= 4 is 23.3 Å². The molecule has 0 atom stereocenters. The highest BCUT2D eigenvalue weighted by atomic mass is 35.5. The van der Waals surface area contributed by atoms with Gasteiger partial charge in [-0.3, -0.25) is 0 Å². The zero-order valence-electron chi connectivity index (χ0n) is 10.7. The summed E-state index contributed by atoms with van der Waals surface area (Å²) in [5.74, 6) is 0. The molecule has 3 N–H and O–H groups in total. The van der Waals surface area contributed by atoms with Crippen molar-refractivity contribution in [1.82, 2.24) is 10.3 Å². The summed E-state index contributed by atoms with van der Waals surface area (Å²) < 4.78 is 0. The van der Waals surface area contributed by atoms with Crippen molar-refractivity contribution in [3.8, 4) is 0 Å². The van der Waals surface area contributed by atoms with Gasteiger partial charge in [-0.1, -0.05) is 30.9 Å². The van der Waals surface area contributed by atoms with Gasteiger partial charge in [0, 0.05) is 18.4 Å². The van der Waals surface area contributed by atoms with Gasteiger partial charge in [-0.2, -0.15) is 0 Å². The number of hydrogen-bond acceptors (Lipinski definition) is 3. The first-order chi connectivity index (χ1) is 9.07. The number of aromatic nitrogens is 1. The Balaban J connectivity index is 1.81. The van der Waals surface area contributed by atoms with E-state index in [1.54, 1.807) is 12.1 Å². The van der Waals surface area contributed by atoms with Crippen LogP contribution in [0.5, 0.6) is 0 Å². The molecule has 0 saturated heterocycles. The second kappa shape index (κ2) is 6.21. The average Bonchev–Trinajstić information content (AvgIpc) is 2.38. The van der Waals surface area contributed by atoms with Gasteiger partial charge in [0.2, 0.25) is 0 Å². The Labute approximate surface area is 117 Å². The van der Waals surface area contributed by atoms with E-state index >= 15 is 0 Å². The highest BCUT2D eigenvalue weighted by Crippen LogP contribution is 2.27. The van der Waals surface area contributed by atoms with E-state index in [1.165, 1.54) is 6.20 Å². The second-order valence-electron chi connectivity index (χ2n) is 4.96. The lowest BCUT2D eigenvalue weighted by atomic mass is 9.85. The van der Waals surface area contributed by atoms with Crippen LogP contribution < -0.4 is 10.6 Å². The van der Waals surface area contributed by atoms with Gasteiger partial charge < -0.3 is 15.7 Å². The van der Waals surface area contributed by atoms with E-state index in [4.69, 9.17) is 11.6 Å². The first-order valence-corrected chi connectivity index (χ1v) is 6.84. The van der Waals surface area contributed by atoms with E-state index in [9.17, 15) is 9.90 Å². The predicted octanol–water partition coefficient (Wildman–Crippen LogP) is 2.55. The molecule has 6 heteroatoms. The minimum atomic E-state index is -0.758. The van der Waals surface area contributed by atoms with Crippen molar-refractivity contribution < 1.29 is 9.90 Å². The summed E-state index contributed by atoms with van der Waals surface area (Å²) in [6.45, 7) is 0.275. The van der Waals surface area contributed by atoms with Crippen molar-refractivity contribution in [3.63, 3.8) is 0 Å². The van der Waals surface area contributed by atoms with Crippen molar-refractivity contribution in [2.24, 2.45) is 0 Å². The van der Waals surface area contributed by atoms with E-state index in [0.717, 1.165) is 32.1 Å². The van der Waals surface area contributed by atoms with Gasteiger partial charge in [-0.15, -0.1) is 0 Å². The molecule has 19 heavy (non-hydrogen) atoms. The SMILES string of the molecule is O=C(NCC1(O)CCCCC1)Nc1ccnc(Cl)c1. The maximum atomic E-state index is 11.7. The summed E-state index contributed by atoms with van der Waals surface area (Å²) >= 11 is 5.73. The number of pyridine rings is 1. The fraction of sp³-hybridized carbons (Fsp3) is 0.538. The highest BCUT2D eigenvalue weighted by molar-refractivity contribution is 6.29. The molecule has 0 spiro atoms. The molecule has 0 unspecified atom stereocenters. The van der Waals surface area contributed by atoms with Gasteiger partial charge in [0.15, 0.2) is 0 Å². The summed E-state index contributed by atoms with van der Waals surface area (Å²) in [5.41, 5.74) is -0.181. The standard InChI is InChI=1S/C13H18ClN3O2/c14-11-8-10(4-7-15-11)17-12(18)16-9-13(19)5-2-1-3-6-13/h4,7-8,19H,1-3,5-6,9H2,(H2,15,16,17,18). The summed E-state index contributed by atoms with van der Waals surface area (Å²) in [5, 5.41) is 15.9. The summed E-state index contributed by atoms with van der Waals surface area (Å²) in [6.07, 6.45) is 6.19. The number of amides is 2. The Morgan fingerprint density at radius 2 is 2.16 bits per heavy atom. The van der Waals surface area contributed by atoms with E-state index in [2.05, 4.69) is 15.6 Å². The minimum Gasteiger partial charge on any atom is -0.388 e. The number of nitrogens with one attached hydrogen (secondary N) is 2. The topological polar surface area (TPSA) is 74.2 Å². The summed E-state index contributed by atoms with van der Waals surface area (Å²) in [4.78, 5) is 15.5. The fourth-order valence-corrected chi connectivity index (χ4v) is 2.46. The van der Waals surface area contributed by atoms with Gasteiger partial charge >= 0.3 is 6.03 Å². The number of urea groups is 1.